The molecule has 114 valence electrons. The summed E-state index contributed by atoms with van der Waals surface area (Å²) in [4.78, 5) is 8.10. The molecule has 0 aliphatic carbocycles. The quantitative estimate of drug-likeness (QED) is 0.847. The van der Waals surface area contributed by atoms with Gasteiger partial charge in [0.15, 0.2) is 0 Å². The van der Waals surface area contributed by atoms with E-state index in [9.17, 15) is 8.42 Å². The molecule has 20 heavy (non-hydrogen) atoms. The van der Waals surface area contributed by atoms with Gasteiger partial charge in [-0.15, -0.1) is 11.3 Å². The largest absolute Gasteiger partial charge is 0.297 e. The smallest absolute Gasteiger partial charge is 0.211 e. The van der Waals surface area contributed by atoms with Crippen LogP contribution >= 0.6 is 11.3 Å². The number of hydrogen-bond donors (Lipinski definition) is 0. The topological polar surface area (TPSA) is 53.5 Å². The fraction of sp³-hybridized carbons (Fsp3) is 0.769. The zero-order valence-corrected chi connectivity index (χ0v) is 14.2. The number of piperidine rings is 1. The second-order valence-electron chi connectivity index (χ2n) is 5.55. The fourth-order valence-electron chi connectivity index (χ4n) is 2.67. The van der Waals surface area contributed by atoms with Crippen molar-refractivity contribution in [3.05, 3.63) is 15.6 Å². The lowest BCUT2D eigenvalue weighted by Gasteiger charge is -2.36. The van der Waals surface area contributed by atoms with Gasteiger partial charge >= 0.3 is 0 Å². The number of likely N-dealkylation sites (N-methyl/N-ethyl adjacent to an activating group) is 1. The van der Waals surface area contributed by atoms with E-state index in [1.165, 1.54) is 15.4 Å². The van der Waals surface area contributed by atoms with Crippen molar-refractivity contribution in [3.8, 4) is 0 Å². The first-order valence-electron chi connectivity index (χ1n) is 6.85. The van der Waals surface area contributed by atoms with Crippen LogP contribution in [0.3, 0.4) is 0 Å². The van der Waals surface area contributed by atoms with Gasteiger partial charge in [0.1, 0.15) is 0 Å². The third-order valence-corrected chi connectivity index (χ3v) is 6.29. The Morgan fingerprint density at radius 2 is 2.15 bits per heavy atom. The minimum absolute atomic E-state index is 0.0908. The minimum Gasteiger partial charge on any atom is -0.297 e. The van der Waals surface area contributed by atoms with E-state index in [2.05, 4.69) is 9.88 Å². The molecule has 1 atom stereocenters. The van der Waals surface area contributed by atoms with Gasteiger partial charge in [-0.1, -0.05) is 0 Å². The monoisotopic (exact) mass is 317 g/mol. The van der Waals surface area contributed by atoms with Crippen LogP contribution in [-0.4, -0.2) is 55.0 Å². The molecule has 1 fully saturated rings. The van der Waals surface area contributed by atoms with Crippen molar-refractivity contribution in [1.82, 2.24) is 14.2 Å². The number of thiazole rings is 1. The average Bonchev–Trinajstić information content (AvgIpc) is 2.66. The van der Waals surface area contributed by atoms with E-state index in [0.717, 1.165) is 43.2 Å². The van der Waals surface area contributed by atoms with E-state index in [4.69, 9.17) is 0 Å². The summed E-state index contributed by atoms with van der Waals surface area (Å²) in [6.45, 7) is 6.79. The van der Waals surface area contributed by atoms with Crippen LogP contribution in [0.25, 0.3) is 0 Å². The van der Waals surface area contributed by atoms with Crippen molar-refractivity contribution in [2.45, 2.75) is 39.3 Å². The maximum absolute atomic E-state index is 11.7. The van der Waals surface area contributed by atoms with Crippen molar-refractivity contribution >= 4 is 21.4 Å². The number of rotatable bonds is 4. The normalized spacial score (nSPS) is 21.6. The van der Waals surface area contributed by atoms with E-state index >= 15 is 0 Å². The lowest BCUT2D eigenvalue weighted by molar-refractivity contribution is 0.154. The number of aromatic nitrogens is 1. The summed E-state index contributed by atoms with van der Waals surface area (Å²) in [6, 6.07) is 0.0908. The predicted octanol–water partition coefficient (Wildman–Crippen LogP) is 1.62. The highest BCUT2D eigenvalue weighted by molar-refractivity contribution is 7.88. The summed E-state index contributed by atoms with van der Waals surface area (Å²) in [6.07, 6.45) is 3.27. The third kappa shape index (κ3) is 3.78. The lowest BCUT2D eigenvalue weighted by atomic mass is 10.1. The van der Waals surface area contributed by atoms with Gasteiger partial charge in [0, 0.05) is 31.1 Å². The van der Waals surface area contributed by atoms with E-state index in [-0.39, 0.29) is 6.04 Å². The van der Waals surface area contributed by atoms with Crippen molar-refractivity contribution < 1.29 is 8.42 Å². The Labute approximate surface area is 125 Å². The van der Waals surface area contributed by atoms with Gasteiger partial charge in [0.2, 0.25) is 10.0 Å². The van der Waals surface area contributed by atoms with E-state index < -0.39 is 10.0 Å². The van der Waals surface area contributed by atoms with Crippen LogP contribution in [0.2, 0.25) is 0 Å². The Hall–Kier alpha value is -0.500. The van der Waals surface area contributed by atoms with Crippen LogP contribution in [-0.2, 0) is 16.6 Å². The molecule has 1 aromatic heterocycles. The van der Waals surface area contributed by atoms with E-state index in [0.29, 0.717) is 0 Å². The molecule has 0 radical (unpaired) electrons. The molecule has 1 aromatic rings. The fourth-order valence-corrected chi connectivity index (χ4v) is 4.36. The van der Waals surface area contributed by atoms with E-state index in [1.807, 2.05) is 13.8 Å². The number of nitrogens with zero attached hydrogens (tertiary/aromatic N) is 3. The molecule has 2 rings (SSSR count). The minimum atomic E-state index is -3.11. The maximum Gasteiger partial charge on any atom is 0.211 e. The standard InChI is InChI=1S/C13H23N3O2S2/c1-10-13(19-11(2)14-10)9-16-7-5-6-12(8-16)15(3)20(4,17)18/h12H,5-9H2,1-4H3. The number of hydrogen-bond acceptors (Lipinski definition) is 5. The molecule has 0 aromatic carbocycles. The molecule has 0 N–H and O–H groups in total. The van der Waals surface area contributed by atoms with Crippen LogP contribution in [0.4, 0.5) is 0 Å². The molecule has 1 unspecified atom stereocenters. The first-order chi connectivity index (χ1) is 9.27. The molecule has 0 saturated carbocycles. The average molecular weight is 317 g/mol. The second-order valence-corrected chi connectivity index (χ2v) is 8.88. The van der Waals surface area contributed by atoms with Gasteiger partial charge < -0.3 is 0 Å². The summed E-state index contributed by atoms with van der Waals surface area (Å²) in [5.74, 6) is 0. The molecule has 7 heteroatoms. The van der Waals surface area contributed by atoms with Gasteiger partial charge in [0.25, 0.3) is 0 Å². The molecule has 0 bridgehead atoms. The first kappa shape index (κ1) is 15.9. The Bertz CT molecular complexity index is 568. The van der Waals surface area contributed by atoms with Crippen LogP contribution in [0.15, 0.2) is 0 Å². The van der Waals surface area contributed by atoms with Crippen molar-refractivity contribution in [2.75, 3.05) is 26.4 Å². The van der Waals surface area contributed by atoms with Crippen molar-refractivity contribution in [2.24, 2.45) is 0 Å². The third-order valence-electron chi connectivity index (χ3n) is 3.88. The highest BCUT2D eigenvalue weighted by Gasteiger charge is 2.28. The van der Waals surface area contributed by atoms with Crippen LogP contribution in [0.1, 0.15) is 28.4 Å². The first-order valence-corrected chi connectivity index (χ1v) is 9.52. The lowest BCUT2D eigenvalue weighted by Crippen LogP contribution is -2.47. The van der Waals surface area contributed by atoms with Crippen LogP contribution in [0.5, 0.6) is 0 Å². The zero-order chi connectivity index (χ0) is 14.9. The summed E-state index contributed by atoms with van der Waals surface area (Å²) in [7, 11) is -1.42. The Balaban J connectivity index is 2.02. The summed E-state index contributed by atoms with van der Waals surface area (Å²) in [5, 5.41) is 1.10. The Kier molecular flexibility index (Phi) is 4.84. The van der Waals surface area contributed by atoms with Gasteiger partial charge in [-0.2, -0.15) is 0 Å². The molecular formula is C13H23N3O2S2. The zero-order valence-electron chi connectivity index (χ0n) is 12.6. The summed E-state index contributed by atoms with van der Waals surface area (Å²) in [5.41, 5.74) is 1.10. The number of likely N-dealkylation sites (tertiary alicyclic amines) is 1. The highest BCUT2D eigenvalue weighted by atomic mass is 32.2. The molecule has 0 spiro atoms. The molecular weight excluding hydrogens is 294 g/mol. The molecule has 1 saturated heterocycles. The molecule has 2 heterocycles. The van der Waals surface area contributed by atoms with Crippen LogP contribution < -0.4 is 0 Å². The number of aryl methyl sites for hydroxylation is 2. The summed E-state index contributed by atoms with van der Waals surface area (Å²) >= 11 is 1.74. The molecule has 0 amide bonds. The van der Waals surface area contributed by atoms with Gasteiger partial charge in [-0.3, -0.25) is 4.90 Å². The Morgan fingerprint density at radius 1 is 1.45 bits per heavy atom. The predicted molar refractivity (Wildman–Crippen MR) is 82.5 cm³/mol. The van der Waals surface area contributed by atoms with Crippen molar-refractivity contribution in [1.29, 1.82) is 0 Å². The number of sulfonamides is 1. The van der Waals surface area contributed by atoms with Gasteiger partial charge in [0.05, 0.1) is 17.0 Å². The maximum atomic E-state index is 11.7. The Morgan fingerprint density at radius 3 is 2.70 bits per heavy atom. The second kappa shape index (κ2) is 6.09. The molecule has 1 aliphatic heterocycles. The van der Waals surface area contributed by atoms with Crippen LogP contribution in [0, 0.1) is 13.8 Å². The van der Waals surface area contributed by atoms with E-state index in [1.54, 1.807) is 18.4 Å². The molecule has 5 nitrogen and oxygen atoms in total. The molecule has 1 aliphatic rings. The van der Waals surface area contributed by atoms with Crippen molar-refractivity contribution in [3.63, 3.8) is 0 Å². The SMILES string of the molecule is Cc1nc(C)c(CN2CCCC(N(C)S(C)(=O)=O)C2)s1. The van der Waals surface area contributed by atoms with Gasteiger partial charge in [-0.05, 0) is 33.2 Å². The summed E-state index contributed by atoms with van der Waals surface area (Å²) < 4.78 is 24.8. The van der Waals surface area contributed by atoms with Gasteiger partial charge in [-0.25, -0.2) is 17.7 Å². The highest BCUT2D eigenvalue weighted by Crippen LogP contribution is 2.23.